The molecule has 1 aromatic heterocycles. The quantitative estimate of drug-likeness (QED) is 0.421. The van der Waals surface area contributed by atoms with Gasteiger partial charge in [-0.15, -0.1) is 0 Å². The van der Waals surface area contributed by atoms with Gasteiger partial charge in [0.25, 0.3) is 5.56 Å². The Balaban J connectivity index is 2.42. The Morgan fingerprint density at radius 3 is 2.77 bits per heavy atom. The van der Waals surface area contributed by atoms with Gasteiger partial charge in [-0.3, -0.25) is 14.2 Å². The van der Waals surface area contributed by atoms with Crippen LogP contribution in [0.25, 0.3) is 10.9 Å². The zero-order valence-corrected chi connectivity index (χ0v) is 17.0. The molecule has 0 aliphatic rings. The predicted octanol–water partition coefficient (Wildman–Crippen LogP) is 3.09. The van der Waals surface area contributed by atoms with Gasteiger partial charge in [0.15, 0.2) is 5.16 Å². The number of carbonyl (C=O) groups excluding carboxylic acids is 1. The van der Waals surface area contributed by atoms with E-state index in [1.807, 2.05) is 13.8 Å². The number of amides is 1. The highest BCUT2D eigenvalue weighted by Crippen LogP contribution is 2.24. The van der Waals surface area contributed by atoms with Crippen molar-refractivity contribution in [1.29, 1.82) is 0 Å². The average Bonchev–Trinajstić information content (AvgIpc) is 2.56. The van der Waals surface area contributed by atoms with Crippen molar-refractivity contribution >= 4 is 40.2 Å². The number of benzene rings is 1. The first-order chi connectivity index (χ1) is 12.3. The summed E-state index contributed by atoms with van der Waals surface area (Å²) < 4.78 is 6.70. The summed E-state index contributed by atoms with van der Waals surface area (Å²) in [6, 6.07) is 5.08. The molecule has 8 heteroatoms. The Hall–Kier alpha value is -1.57. The topological polar surface area (TPSA) is 73.2 Å². The third kappa shape index (κ3) is 5.22. The van der Waals surface area contributed by atoms with Crippen molar-refractivity contribution in [3.8, 4) is 0 Å². The van der Waals surface area contributed by atoms with Crippen LogP contribution >= 0.6 is 23.4 Å². The maximum atomic E-state index is 12.9. The first-order valence-corrected chi connectivity index (χ1v) is 9.75. The van der Waals surface area contributed by atoms with Crippen molar-refractivity contribution in [3.63, 3.8) is 0 Å². The third-order valence-electron chi connectivity index (χ3n) is 3.69. The summed E-state index contributed by atoms with van der Waals surface area (Å²) in [5.74, 6) is -0.0890. The maximum absolute atomic E-state index is 12.9. The highest BCUT2D eigenvalue weighted by atomic mass is 35.5. The molecule has 2 aromatic rings. The normalized spacial score (nSPS) is 12.5. The minimum Gasteiger partial charge on any atom is -0.385 e. The molecule has 0 bridgehead atoms. The highest BCUT2D eigenvalue weighted by Gasteiger charge is 2.20. The molecule has 1 atom stereocenters. The summed E-state index contributed by atoms with van der Waals surface area (Å²) in [6.07, 6.45) is 0.678. The minimum absolute atomic E-state index is 0.0535. The standard InChI is InChI=1S/C18H24ClN3O3S/c1-11(2)20-16(23)12(3)26-18-21-15-10-13(19)6-7-14(15)17(24)22(18)8-5-9-25-4/h6-7,10-12H,5,8-9H2,1-4H3,(H,20,23). The van der Waals surface area contributed by atoms with Crippen LogP contribution in [0.1, 0.15) is 27.2 Å². The number of nitrogens with zero attached hydrogens (tertiary/aromatic N) is 2. The van der Waals surface area contributed by atoms with Gasteiger partial charge in [0, 0.05) is 31.3 Å². The van der Waals surface area contributed by atoms with Crippen LogP contribution in [0.2, 0.25) is 5.02 Å². The van der Waals surface area contributed by atoms with Crippen LogP contribution in [0, 0.1) is 0 Å². The van der Waals surface area contributed by atoms with Gasteiger partial charge in [-0.05, 0) is 45.4 Å². The van der Waals surface area contributed by atoms with E-state index in [1.54, 1.807) is 36.8 Å². The first-order valence-electron chi connectivity index (χ1n) is 8.49. The lowest BCUT2D eigenvalue weighted by molar-refractivity contribution is -0.120. The Labute approximate surface area is 162 Å². The van der Waals surface area contributed by atoms with Gasteiger partial charge < -0.3 is 10.1 Å². The van der Waals surface area contributed by atoms with Crippen molar-refractivity contribution in [2.24, 2.45) is 0 Å². The number of aromatic nitrogens is 2. The SMILES string of the molecule is COCCCn1c(SC(C)C(=O)NC(C)C)nc2cc(Cl)ccc2c1=O. The number of rotatable bonds is 8. The highest BCUT2D eigenvalue weighted by molar-refractivity contribution is 8.00. The van der Waals surface area contributed by atoms with E-state index in [0.717, 1.165) is 0 Å². The van der Waals surface area contributed by atoms with E-state index in [4.69, 9.17) is 16.3 Å². The fourth-order valence-electron chi connectivity index (χ4n) is 2.44. The molecule has 1 N–H and O–H groups in total. The second-order valence-electron chi connectivity index (χ2n) is 6.28. The van der Waals surface area contributed by atoms with Gasteiger partial charge >= 0.3 is 0 Å². The summed E-state index contributed by atoms with van der Waals surface area (Å²) in [5, 5.41) is 4.03. The molecule has 1 amide bonds. The van der Waals surface area contributed by atoms with Gasteiger partial charge in [0.05, 0.1) is 16.2 Å². The molecule has 1 unspecified atom stereocenters. The summed E-state index contributed by atoms with van der Waals surface area (Å²) in [4.78, 5) is 29.8. The number of methoxy groups -OCH3 is 1. The van der Waals surface area contributed by atoms with Crippen LogP contribution in [0.15, 0.2) is 28.2 Å². The Morgan fingerprint density at radius 2 is 2.12 bits per heavy atom. The van der Waals surface area contributed by atoms with Crippen LogP contribution in [0.3, 0.4) is 0 Å². The molecular weight excluding hydrogens is 374 g/mol. The predicted molar refractivity (Wildman–Crippen MR) is 106 cm³/mol. The molecule has 0 spiro atoms. The number of hydrogen-bond donors (Lipinski definition) is 1. The van der Waals surface area contributed by atoms with Crippen molar-refractivity contribution in [2.45, 2.75) is 50.2 Å². The van der Waals surface area contributed by atoms with E-state index in [0.29, 0.717) is 40.7 Å². The summed E-state index contributed by atoms with van der Waals surface area (Å²) in [5.41, 5.74) is 0.395. The summed E-state index contributed by atoms with van der Waals surface area (Å²) in [7, 11) is 1.62. The second kappa shape index (κ2) is 9.39. The van der Waals surface area contributed by atoms with Gasteiger partial charge in [0.2, 0.25) is 5.91 Å². The number of fused-ring (bicyclic) bond motifs is 1. The fourth-order valence-corrected chi connectivity index (χ4v) is 3.55. The monoisotopic (exact) mass is 397 g/mol. The van der Waals surface area contributed by atoms with E-state index in [-0.39, 0.29) is 22.8 Å². The molecule has 1 aromatic carbocycles. The van der Waals surface area contributed by atoms with Crippen molar-refractivity contribution < 1.29 is 9.53 Å². The fraction of sp³-hybridized carbons (Fsp3) is 0.500. The molecule has 142 valence electrons. The molecule has 0 saturated heterocycles. The van der Waals surface area contributed by atoms with E-state index in [9.17, 15) is 9.59 Å². The van der Waals surface area contributed by atoms with Crippen molar-refractivity contribution in [3.05, 3.63) is 33.6 Å². The van der Waals surface area contributed by atoms with E-state index < -0.39 is 0 Å². The van der Waals surface area contributed by atoms with E-state index in [1.165, 1.54) is 11.8 Å². The van der Waals surface area contributed by atoms with Gasteiger partial charge in [-0.25, -0.2) is 4.98 Å². The lowest BCUT2D eigenvalue weighted by Gasteiger charge is -2.17. The molecule has 0 aliphatic carbocycles. The minimum atomic E-state index is -0.380. The summed E-state index contributed by atoms with van der Waals surface area (Å²) in [6.45, 7) is 6.63. The molecule has 1 heterocycles. The average molecular weight is 398 g/mol. The maximum Gasteiger partial charge on any atom is 0.262 e. The number of ether oxygens (including phenoxy) is 1. The van der Waals surface area contributed by atoms with Crippen LogP contribution in [0.5, 0.6) is 0 Å². The lowest BCUT2D eigenvalue weighted by Crippen LogP contribution is -2.36. The molecule has 0 saturated carbocycles. The molecule has 0 radical (unpaired) electrons. The van der Waals surface area contributed by atoms with Crippen LogP contribution in [0.4, 0.5) is 0 Å². The number of hydrogen-bond acceptors (Lipinski definition) is 5. The smallest absolute Gasteiger partial charge is 0.262 e. The Bertz CT molecular complexity index is 838. The Kier molecular flexibility index (Phi) is 7.49. The summed E-state index contributed by atoms with van der Waals surface area (Å²) >= 11 is 7.31. The van der Waals surface area contributed by atoms with Crippen molar-refractivity contribution in [1.82, 2.24) is 14.9 Å². The Morgan fingerprint density at radius 1 is 1.38 bits per heavy atom. The van der Waals surface area contributed by atoms with Crippen molar-refractivity contribution in [2.75, 3.05) is 13.7 Å². The number of halogens is 1. The molecule has 2 rings (SSSR count). The lowest BCUT2D eigenvalue weighted by atomic mass is 10.2. The zero-order chi connectivity index (χ0) is 19.3. The van der Waals surface area contributed by atoms with Crippen LogP contribution < -0.4 is 10.9 Å². The molecule has 26 heavy (non-hydrogen) atoms. The van der Waals surface area contributed by atoms with Gasteiger partial charge in [0.1, 0.15) is 0 Å². The number of carbonyl (C=O) groups is 1. The van der Waals surface area contributed by atoms with Gasteiger partial charge in [-0.1, -0.05) is 23.4 Å². The largest absolute Gasteiger partial charge is 0.385 e. The zero-order valence-electron chi connectivity index (χ0n) is 15.4. The first kappa shape index (κ1) is 20.7. The molecule has 0 fully saturated rings. The third-order valence-corrected chi connectivity index (χ3v) is 5.02. The van der Waals surface area contributed by atoms with Crippen LogP contribution in [-0.2, 0) is 16.1 Å². The molecular formula is C18H24ClN3O3S. The molecule has 6 nitrogen and oxygen atoms in total. The van der Waals surface area contributed by atoms with Crippen LogP contribution in [-0.4, -0.2) is 40.5 Å². The second-order valence-corrected chi connectivity index (χ2v) is 8.03. The van der Waals surface area contributed by atoms with E-state index >= 15 is 0 Å². The molecule has 0 aliphatic heterocycles. The van der Waals surface area contributed by atoms with Gasteiger partial charge in [-0.2, -0.15) is 0 Å². The number of thioether (sulfide) groups is 1. The number of nitrogens with one attached hydrogen (secondary N) is 1. The van der Waals surface area contributed by atoms with E-state index in [2.05, 4.69) is 10.3 Å².